The van der Waals surface area contributed by atoms with Crippen molar-refractivity contribution in [2.45, 2.75) is 19.1 Å². The highest BCUT2D eigenvalue weighted by molar-refractivity contribution is 5.92. The van der Waals surface area contributed by atoms with E-state index in [0.717, 1.165) is 17.2 Å². The summed E-state index contributed by atoms with van der Waals surface area (Å²) in [6.45, 7) is 1.47. The van der Waals surface area contributed by atoms with E-state index in [1.54, 1.807) is 0 Å². The molecule has 0 aliphatic rings. The Morgan fingerprint density at radius 2 is 1.47 bits per heavy atom. The predicted molar refractivity (Wildman–Crippen MR) is 111 cm³/mol. The quantitative estimate of drug-likeness (QED) is 0.594. The first-order valence-electron chi connectivity index (χ1n) is 9.44. The van der Waals surface area contributed by atoms with Gasteiger partial charge in [0.05, 0.1) is 18.7 Å². The van der Waals surface area contributed by atoms with Crippen molar-refractivity contribution in [1.82, 2.24) is 5.32 Å². The van der Waals surface area contributed by atoms with Crippen molar-refractivity contribution in [3.05, 3.63) is 101 Å². The number of rotatable bonds is 7. The molecule has 154 valence electrons. The number of hydrogen-bond donors (Lipinski definition) is 1. The molecular formula is C24H22FNO4. The third kappa shape index (κ3) is 5.03. The number of carbonyl (C=O) groups is 2. The Morgan fingerprint density at radius 3 is 1.97 bits per heavy atom. The monoisotopic (exact) mass is 407 g/mol. The van der Waals surface area contributed by atoms with Gasteiger partial charge < -0.3 is 14.8 Å². The summed E-state index contributed by atoms with van der Waals surface area (Å²) in [7, 11) is 1.33. The first kappa shape index (κ1) is 21.0. The zero-order valence-corrected chi connectivity index (χ0v) is 16.7. The van der Waals surface area contributed by atoms with Crippen molar-refractivity contribution in [3.63, 3.8) is 0 Å². The van der Waals surface area contributed by atoms with E-state index in [2.05, 4.69) is 5.32 Å². The normalized spacial score (nSPS) is 11.6. The summed E-state index contributed by atoms with van der Waals surface area (Å²) < 4.78 is 23.9. The topological polar surface area (TPSA) is 64.6 Å². The molecule has 3 rings (SSSR count). The second kappa shape index (κ2) is 9.69. The fourth-order valence-corrected chi connectivity index (χ4v) is 2.99. The molecule has 0 heterocycles. The van der Waals surface area contributed by atoms with Crippen LogP contribution in [0, 0.1) is 5.82 Å². The van der Waals surface area contributed by atoms with Crippen molar-refractivity contribution in [2.75, 3.05) is 7.11 Å². The number of hydrogen-bond acceptors (Lipinski definition) is 4. The Hall–Kier alpha value is -3.67. The van der Waals surface area contributed by atoms with E-state index >= 15 is 0 Å². The Morgan fingerprint density at radius 1 is 0.900 bits per heavy atom. The molecule has 5 nitrogen and oxygen atoms in total. The molecule has 0 saturated heterocycles. The van der Waals surface area contributed by atoms with Crippen molar-refractivity contribution in [3.8, 4) is 5.75 Å². The van der Waals surface area contributed by atoms with E-state index in [1.165, 1.54) is 26.2 Å². The van der Waals surface area contributed by atoms with E-state index in [9.17, 15) is 14.0 Å². The highest BCUT2D eigenvalue weighted by atomic mass is 19.1. The van der Waals surface area contributed by atoms with Gasteiger partial charge >= 0.3 is 5.97 Å². The van der Waals surface area contributed by atoms with Crippen molar-refractivity contribution in [1.29, 1.82) is 0 Å². The van der Waals surface area contributed by atoms with Gasteiger partial charge in [-0.3, -0.25) is 4.79 Å². The van der Waals surface area contributed by atoms with Crippen molar-refractivity contribution >= 4 is 11.9 Å². The Labute approximate surface area is 174 Å². The molecule has 0 fully saturated rings. The second-order valence-electron chi connectivity index (χ2n) is 6.66. The number of amides is 1. The lowest BCUT2D eigenvalue weighted by Crippen LogP contribution is -2.38. The van der Waals surface area contributed by atoms with Gasteiger partial charge in [0.1, 0.15) is 0 Å². The van der Waals surface area contributed by atoms with Crippen LogP contribution in [0.1, 0.15) is 34.5 Å². The average Bonchev–Trinajstić information content (AvgIpc) is 2.78. The molecule has 0 bridgehead atoms. The van der Waals surface area contributed by atoms with Gasteiger partial charge in [0.2, 0.25) is 0 Å². The number of methoxy groups -OCH3 is 1. The highest BCUT2D eigenvalue weighted by Gasteiger charge is 2.24. The molecule has 1 amide bonds. The third-order valence-electron chi connectivity index (χ3n) is 4.59. The minimum atomic E-state index is -1.07. The van der Waals surface area contributed by atoms with Gasteiger partial charge in [0.15, 0.2) is 17.7 Å². The SMILES string of the molecule is COc1ccc(C(=O)O[C@@H](C)C(=O)NC(c2ccccc2)c2ccccc2)cc1F. The van der Waals surface area contributed by atoms with E-state index in [1.807, 2.05) is 60.7 Å². The van der Waals surface area contributed by atoms with Crippen LogP contribution < -0.4 is 10.1 Å². The summed E-state index contributed by atoms with van der Waals surface area (Å²) in [5.74, 6) is -1.92. The number of halogens is 1. The van der Waals surface area contributed by atoms with Crippen LogP contribution in [-0.2, 0) is 9.53 Å². The van der Waals surface area contributed by atoms with E-state index < -0.39 is 29.8 Å². The second-order valence-corrected chi connectivity index (χ2v) is 6.66. The van der Waals surface area contributed by atoms with Crippen molar-refractivity contribution in [2.24, 2.45) is 0 Å². The van der Waals surface area contributed by atoms with E-state index in [-0.39, 0.29) is 11.3 Å². The Bertz CT molecular complexity index is 969. The lowest BCUT2D eigenvalue weighted by atomic mass is 9.98. The predicted octanol–water partition coefficient (Wildman–Crippen LogP) is 4.29. The molecule has 0 aliphatic carbocycles. The van der Waals surface area contributed by atoms with Crippen LogP contribution in [0.2, 0.25) is 0 Å². The van der Waals surface area contributed by atoms with Gasteiger partial charge in [0.25, 0.3) is 5.91 Å². The summed E-state index contributed by atoms with van der Waals surface area (Å²) in [5, 5.41) is 2.93. The first-order chi connectivity index (χ1) is 14.5. The number of esters is 1. The third-order valence-corrected chi connectivity index (χ3v) is 4.59. The summed E-state index contributed by atoms with van der Waals surface area (Å²) in [4.78, 5) is 25.1. The van der Waals surface area contributed by atoms with Gasteiger partial charge in [-0.2, -0.15) is 0 Å². The summed E-state index contributed by atoms with van der Waals surface area (Å²) in [6.07, 6.45) is -1.07. The van der Waals surface area contributed by atoms with Gasteiger partial charge in [0, 0.05) is 0 Å². The molecule has 1 N–H and O–H groups in total. The van der Waals surface area contributed by atoms with Gasteiger partial charge in [-0.05, 0) is 36.2 Å². The molecule has 3 aromatic rings. The van der Waals surface area contributed by atoms with Crippen LogP contribution in [0.5, 0.6) is 5.75 Å². The molecule has 6 heteroatoms. The smallest absolute Gasteiger partial charge is 0.339 e. The van der Waals surface area contributed by atoms with Crippen LogP contribution in [-0.4, -0.2) is 25.1 Å². The molecule has 0 aromatic heterocycles. The Balaban J connectivity index is 1.72. The molecule has 0 spiro atoms. The number of ether oxygens (including phenoxy) is 2. The Kier molecular flexibility index (Phi) is 6.80. The summed E-state index contributed by atoms with van der Waals surface area (Å²) in [6, 6.07) is 22.3. The van der Waals surface area contributed by atoms with Crippen molar-refractivity contribution < 1.29 is 23.5 Å². The largest absolute Gasteiger partial charge is 0.494 e. The molecule has 0 saturated carbocycles. The zero-order chi connectivity index (χ0) is 21.5. The fourth-order valence-electron chi connectivity index (χ4n) is 2.99. The summed E-state index contributed by atoms with van der Waals surface area (Å²) >= 11 is 0. The lowest BCUT2D eigenvalue weighted by molar-refractivity contribution is -0.129. The van der Waals surface area contributed by atoms with Crippen LogP contribution in [0.15, 0.2) is 78.9 Å². The van der Waals surface area contributed by atoms with E-state index in [0.29, 0.717) is 0 Å². The molecule has 0 unspecified atom stereocenters. The first-order valence-corrected chi connectivity index (χ1v) is 9.44. The molecule has 3 aromatic carbocycles. The van der Waals surface area contributed by atoms with Gasteiger partial charge in [-0.1, -0.05) is 60.7 Å². The standard InChI is InChI=1S/C24H22FNO4/c1-16(30-24(28)19-13-14-21(29-2)20(25)15-19)23(27)26-22(17-9-5-3-6-10-17)18-11-7-4-8-12-18/h3-16,22H,1-2H3,(H,26,27)/t16-/m0/s1. The fraction of sp³-hybridized carbons (Fsp3) is 0.167. The van der Waals surface area contributed by atoms with Crippen LogP contribution in [0.25, 0.3) is 0 Å². The molecule has 0 radical (unpaired) electrons. The van der Waals surface area contributed by atoms with E-state index in [4.69, 9.17) is 9.47 Å². The minimum absolute atomic E-state index is 0.00406. The van der Waals surface area contributed by atoms with Gasteiger partial charge in [-0.15, -0.1) is 0 Å². The maximum absolute atomic E-state index is 13.8. The van der Waals surface area contributed by atoms with Crippen LogP contribution in [0.3, 0.4) is 0 Å². The molecule has 0 aliphatic heterocycles. The number of benzene rings is 3. The molecule has 30 heavy (non-hydrogen) atoms. The summed E-state index contributed by atoms with van der Waals surface area (Å²) in [5.41, 5.74) is 1.79. The van der Waals surface area contributed by atoms with Gasteiger partial charge in [-0.25, -0.2) is 9.18 Å². The highest BCUT2D eigenvalue weighted by Crippen LogP contribution is 2.22. The lowest BCUT2D eigenvalue weighted by Gasteiger charge is -2.22. The molecule has 1 atom stereocenters. The minimum Gasteiger partial charge on any atom is -0.494 e. The number of nitrogens with one attached hydrogen (secondary N) is 1. The zero-order valence-electron chi connectivity index (χ0n) is 16.7. The average molecular weight is 407 g/mol. The molecular weight excluding hydrogens is 385 g/mol. The number of carbonyl (C=O) groups excluding carboxylic acids is 2. The van der Waals surface area contributed by atoms with Crippen LogP contribution in [0.4, 0.5) is 4.39 Å². The van der Waals surface area contributed by atoms with Crippen LogP contribution >= 0.6 is 0 Å². The maximum Gasteiger partial charge on any atom is 0.339 e. The maximum atomic E-state index is 13.8.